The predicted molar refractivity (Wildman–Crippen MR) is 92.0 cm³/mol. The molecular weight excluding hydrogens is 278 g/mol. The Morgan fingerprint density at radius 1 is 0.857 bits per heavy atom. The Morgan fingerprint density at radius 2 is 1.29 bits per heavy atom. The van der Waals surface area contributed by atoms with E-state index < -0.39 is 0 Å². The van der Waals surface area contributed by atoms with Crippen molar-refractivity contribution < 1.29 is 0 Å². The lowest BCUT2D eigenvalue weighted by Gasteiger charge is -2.19. The van der Waals surface area contributed by atoms with Gasteiger partial charge < -0.3 is 0 Å². The van der Waals surface area contributed by atoms with Crippen molar-refractivity contribution in [3.05, 3.63) is 81.7 Å². The average Bonchev–Trinajstić information content (AvgIpc) is 2.47. The van der Waals surface area contributed by atoms with Crippen LogP contribution in [0, 0.1) is 4.91 Å². The smallest absolute Gasteiger partial charge is 0.144 e. The summed E-state index contributed by atoms with van der Waals surface area (Å²) < 4.78 is -0.0714. The number of benzene rings is 2. The van der Waals surface area contributed by atoms with Gasteiger partial charge in [0.25, 0.3) is 0 Å². The van der Waals surface area contributed by atoms with Gasteiger partial charge in [-0.1, -0.05) is 93.2 Å². The third-order valence-electron chi connectivity index (χ3n) is 2.82. The van der Waals surface area contributed by atoms with Gasteiger partial charge in [0.05, 0.1) is 0 Å². The second kappa shape index (κ2) is 6.72. The van der Waals surface area contributed by atoms with Crippen molar-refractivity contribution in [2.45, 2.75) is 25.5 Å². The number of hydrogen-bond acceptors (Lipinski definition) is 3. The molecule has 0 unspecified atom stereocenters. The van der Waals surface area contributed by atoms with Crippen LogP contribution in [0.4, 0.5) is 0 Å². The lowest BCUT2D eigenvalue weighted by molar-refractivity contribution is 0.806. The molecule has 2 aromatic rings. The minimum absolute atomic E-state index is 0.0714. The Kier molecular flexibility index (Phi) is 4.97. The summed E-state index contributed by atoms with van der Waals surface area (Å²) >= 11 is 1.50. The van der Waals surface area contributed by atoms with Crippen LogP contribution in [0.3, 0.4) is 0 Å². The van der Waals surface area contributed by atoms with Gasteiger partial charge in [0.15, 0.2) is 0 Å². The molecule has 0 aliphatic heterocycles. The Hall–Kier alpha value is -1.87. The highest BCUT2D eigenvalue weighted by molar-refractivity contribution is 8.04. The molecule has 3 heteroatoms. The molecule has 2 nitrogen and oxygen atoms in total. The first kappa shape index (κ1) is 15.5. The number of thioether (sulfide) groups is 1. The summed E-state index contributed by atoms with van der Waals surface area (Å²) in [7, 11) is 0. The molecule has 0 radical (unpaired) electrons. The zero-order chi connectivity index (χ0) is 15.3. The monoisotopic (exact) mass is 297 g/mol. The maximum atomic E-state index is 11.4. The van der Waals surface area contributed by atoms with E-state index in [2.05, 4.69) is 25.9 Å². The van der Waals surface area contributed by atoms with E-state index in [1.54, 1.807) is 0 Å². The zero-order valence-corrected chi connectivity index (χ0v) is 13.4. The predicted octanol–water partition coefficient (Wildman–Crippen LogP) is 5.70. The first-order valence-electron chi connectivity index (χ1n) is 6.89. The summed E-state index contributed by atoms with van der Waals surface area (Å²) in [5, 5.41) is 3.85. The SMILES string of the molecule is CC(C)(C)SC(N=O)=C(c1ccccc1)c1ccccc1. The topological polar surface area (TPSA) is 29.4 Å². The molecule has 108 valence electrons. The summed E-state index contributed by atoms with van der Waals surface area (Å²) in [4.78, 5) is 11.4. The molecule has 0 spiro atoms. The standard InChI is InChI=1S/C18H19NOS/c1-18(2,3)21-17(19-20)16(14-10-6-4-7-11-14)15-12-8-5-9-13-15/h4-13H,1-3H3. The molecule has 2 rings (SSSR count). The number of rotatable bonds is 4. The Balaban J connectivity index is 2.62. The van der Waals surface area contributed by atoms with Crippen LogP contribution in [0.2, 0.25) is 0 Å². The fourth-order valence-electron chi connectivity index (χ4n) is 2.03. The fourth-order valence-corrected chi connectivity index (χ4v) is 2.98. The van der Waals surface area contributed by atoms with Gasteiger partial charge in [0.1, 0.15) is 5.03 Å². The van der Waals surface area contributed by atoms with Crippen molar-refractivity contribution in [3.63, 3.8) is 0 Å². The second-order valence-electron chi connectivity index (χ2n) is 5.72. The molecule has 0 saturated carbocycles. The van der Waals surface area contributed by atoms with E-state index in [0.29, 0.717) is 5.03 Å². The van der Waals surface area contributed by atoms with Gasteiger partial charge >= 0.3 is 0 Å². The molecule has 0 fully saturated rings. The molecule has 0 N–H and O–H groups in total. The summed E-state index contributed by atoms with van der Waals surface area (Å²) in [6, 6.07) is 19.9. The Bertz CT molecular complexity index is 586. The van der Waals surface area contributed by atoms with E-state index >= 15 is 0 Å². The Morgan fingerprint density at radius 3 is 1.62 bits per heavy atom. The third-order valence-corrected chi connectivity index (χ3v) is 3.91. The molecule has 0 aromatic heterocycles. The van der Waals surface area contributed by atoms with Crippen molar-refractivity contribution in [2.75, 3.05) is 0 Å². The molecular formula is C18H19NOS. The maximum absolute atomic E-state index is 11.4. The highest BCUT2D eigenvalue weighted by Crippen LogP contribution is 2.39. The van der Waals surface area contributed by atoms with Gasteiger partial charge in [-0.05, 0) is 16.3 Å². The van der Waals surface area contributed by atoms with Crippen molar-refractivity contribution in [3.8, 4) is 0 Å². The van der Waals surface area contributed by atoms with Crippen LogP contribution >= 0.6 is 11.8 Å². The second-order valence-corrected chi connectivity index (χ2v) is 7.53. The maximum Gasteiger partial charge on any atom is 0.150 e. The summed E-state index contributed by atoms with van der Waals surface area (Å²) in [5.41, 5.74) is 2.91. The summed E-state index contributed by atoms with van der Waals surface area (Å²) in [5.74, 6) is 0. The van der Waals surface area contributed by atoms with Crippen molar-refractivity contribution in [1.82, 2.24) is 0 Å². The lowest BCUT2D eigenvalue weighted by atomic mass is 9.99. The molecule has 2 aromatic carbocycles. The minimum atomic E-state index is -0.0714. The first-order valence-corrected chi connectivity index (χ1v) is 7.70. The highest BCUT2D eigenvalue weighted by Gasteiger charge is 2.20. The highest BCUT2D eigenvalue weighted by atomic mass is 32.2. The van der Waals surface area contributed by atoms with E-state index in [9.17, 15) is 4.91 Å². The largest absolute Gasteiger partial charge is 0.150 e. The summed E-state index contributed by atoms with van der Waals surface area (Å²) in [6.45, 7) is 6.24. The fraction of sp³-hybridized carbons (Fsp3) is 0.222. The molecule has 0 atom stereocenters. The summed E-state index contributed by atoms with van der Waals surface area (Å²) in [6.07, 6.45) is 0. The van der Waals surface area contributed by atoms with Crippen LogP contribution < -0.4 is 0 Å². The van der Waals surface area contributed by atoms with Crippen LogP contribution in [-0.2, 0) is 0 Å². The average molecular weight is 297 g/mol. The zero-order valence-electron chi connectivity index (χ0n) is 12.5. The number of nitroso groups, excluding NO2 is 1. The van der Waals surface area contributed by atoms with Crippen molar-refractivity contribution in [2.24, 2.45) is 5.18 Å². The lowest BCUT2D eigenvalue weighted by Crippen LogP contribution is -2.08. The van der Waals surface area contributed by atoms with Crippen molar-refractivity contribution in [1.29, 1.82) is 0 Å². The van der Waals surface area contributed by atoms with Gasteiger partial charge in [-0.25, -0.2) is 0 Å². The van der Waals surface area contributed by atoms with Crippen LogP contribution in [0.5, 0.6) is 0 Å². The third kappa shape index (κ3) is 4.30. The molecule has 0 bridgehead atoms. The molecule has 0 amide bonds. The van der Waals surface area contributed by atoms with Crippen LogP contribution in [-0.4, -0.2) is 4.75 Å². The number of hydrogen-bond donors (Lipinski definition) is 0. The van der Waals surface area contributed by atoms with Gasteiger partial charge in [-0.15, -0.1) is 4.91 Å². The normalized spacial score (nSPS) is 11.0. The van der Waals surface area contributed by atoms with E-state index in [1.165, 1.54) is 11.8 Å². The van der Waals surface area contributed by atoms with Crippen molar-refractivity contribution >= 4 is 17.3 Å². The quantitative estimate of drug-likeness (QED) is 0.677. The molecule has 0 heterocycles. The van der Waals surface area contributed by atoms with Crippen LogP contribution in [0.25, 0.3) is 5.57 Å². The van der Waals surface area contributed by atoms with E-state index in [1.807, 2.05) is 60.7 Å². The number of nitrogens with zero attached hydrogens (tertiary/aromatic N) is 1. The molecule has 0 aliphatic carbocycles. The molecule has 0 saturated heterocycles. The van der Waals surface area contributed by atoms with Gasteiger partial charge in [-0.2, -0.15) is 0 Å². The van der Waals surface area contributed by atoms with Gasteiger partial charge in [0.2, 0.25) is 0 Å². The first-order chi connectivity index (χ1) is 10.0. The minimum Gasteiger partial charge on any atom is -0.144 e. The molecule has 21 heavy (non-hydrogen) atoms. The van der Waals surface area contributed by atoms with Crippen LogP contribution in [0.15, 0.2) is 70.9 Å². The van der Waals surface area contributed by atoms with Gasteiger partial charge in [-0.3, -0.25) is 0 Å². The van der Waals surface area contributed by atoms with E-state index in [4.69, 9.17) is 0 Å². The van der Waals surface area contributed by atoms with Crippen LogP contribution in [0.1, 0.15) is 31.9 Å². The van der Waals surface area contributed by atoms with E-state index in [0.717, 1.165) is 16.7 Å². The van der Waals surface area contributed by atoms with E-state index in [-0.39, 0.29) is 4.75 Å². The van der Waals surface area contributed by atoms with Gasteiger partial charge in [0, 0.05) is 10.3 Å². The molecule has 0 aliphatic rings. The Labute approximate surface area is 130 Å².